The van der Waals surface area contributed by atoms with Gasteiger partial charge in [0, 0.05) is 0 Å². The molecule has 2 aliphatic heterocycles. The standard InChI is InChI=1S/C12H26.C3H6O.C2H4O/c1-3-5-7-9-11-12-10-8-6-4-2;1-3-2-4-3;1-2-3-1/h3-12H2,1-2H3;3H,2H2,1H3;1-2H2. The molecule has 2 aliphatic rings. The van der Waals surface area contributed by atoms with Crippen LogP contribution in [0.25, 0.3) is 0 Å². The molecule has 0 aliphatic carbocycles. The summed E-state index contributed by atoms with van der Waals surface area (Å²) in [6.07, 6.45) is 15.0. The summed E-state index contributed by atoms with van der Waals surface area (Å²) in [7, 11) is 0. The van der Waals surface area contributed by atoms with Gasteiger partial charge in [0.2, 0.25) is 0 Å². The first kappa shape index (κ1) is 18.9. The number of hydrogen-bond donors (Lipinski definition) is 0. The van der Waals surface area contributed by atoms with Crippen molar-refractivity contribution in [2.45, 2.75) is 91.1 Å². The molecule has 2 saturated heterocycles. The highest BCUT2D eigenvalue weighted by Gasteiger charge is 2.13. The summed E-state index contributed by atoms with van der Waals surface area (Å²) in [4.78, 5) is 0. The van der Waals surface area contributed by atoms with E-state index in [1.807, 2.05) is 0 Å². The molecule has 0 aromatic rings. The van der Waals surface area contributed by atoms with Crippen LogP contribution in [0.3, 0.4) is 0 Å². The molecule has 2 fully saturated rings. The molecule has 0 saturated carbocycles. The molecule has 0 N–H and O–H groups in total. The first-order valence-corrected chi connectivity index (χ1v) is 8.50. The second kappa shape index (κ2) is 16.0. The lowest BCUT2D eigenvalue weighted by Gasteiger charge is -1.99. The number of unbranched alkanes of at least 4 members (excludes halogenated alkanes) is 9. The van der Waals surface area contributed by atoms with Crippen molar-refractivity contribution >= 4 is 0 Å². The summed E-state index contributed by atoms with van der Waals surface area (Å²) in [6.45, 7) is 9.60. The summed E-state index contributed by atoms with van der Waals surface area (Å²) in [5.41, 5.74) is 0. The molecule has 2 nitrogen and oxygen atoms in total. The summed E-state index contributed by atoms with van der Waals surface area (Å²) >= 11 is 0. The van der Waals surface area contributed by atoms with E-state index in [2.05, 4.69) is 25.5 Å². The second-order valence-electron chi connectivity index (χ2n) is 5.58. The van der Waals surface area contributed by atoms with Gasteiger partial charge in [-0.05, 0) is 6.92 Å². The maximum atomic E-state index is 4.71. The van der Waals surface area contributed by atoms with Gasteiger partial charge >= 0.3 is 0 Å². The highest BCUT2D eigenvalue weighted by Crippen LogP contribution is 2.09. The molecule has 1 unspecified atom stereocenters. The Morgan fingerprint density at radius 2 is 1.00 bits per heavy atom. The van der Waals surface area contributed by atoms with Crippen molar-refractivity contribution in [2.24, 2.45) is 0 Å². The summed E-state index contributed by atoms with van der Waals surface area (Å²) in [6, 6.07) is 0. The van der Waals surface area contributed by atoms with E-state index >= 15 is 0 Å². The Morgan fingerprint density at radius 3 is 1.16 bits per heavy atom. The predicted octanol–water partition coefficient (Wildman–Crippen LogP) is 5.35. The van der Waals surface area contributed by atoms with Gasteiger partial charge in [0.15, 0.2) is 0 Å². The molecule has 2 heteroatoms. The molecular weight excluding hydrogens is 236 g/mol. The zero-order valence-electron chi connectivity index (χ0n) is 13.6. The Kier molecular flexibility index (Phi) is 15.9. The van der Waals surface area contributed by atoms with Gasteiger partial charge in [0.1, 0.15) is 0 Å². The van der Waals surface area contributed by atoms with Gasteiger partial charge in [0.25, 0.3) is 0 Å². The van der Waals surface area contributed by atoms with Crippen LogP contribution in [0, 0.1) is 0 Å². The third kappa shape index (κ3) is 27.2. The Hall–Kier alpha value is -0.0800. The van der Waals surface area contributed by atoms with E-state index in [0.29, 0.717) is 6.10 Å². The van der Waals surface area contributed by atoms with Crippen LogP contribution in [0.15, 0.2) is 0 Å². The zero-order valence-corrected chi connectivity index (χ0v) is 13.6. The molecular formula is C17H36O2. The van der Waals surface area contributed by atoms with Crippen molar-refractivity contribution in [1.82, 2.24) is 0 Å². The fourth-order valence-electron chi connectivity index (χ4n) is 1.66. The van der Waals surface area contributed by atoms with Crippen molar-refractivity contribution in [3.63, 3.8) is 0 Å². The molecule has 0 bridgehead atoms. The largest absolute Gasteiger partial charge is 0.377 e. The number of hydrogen-bond acceptors (Lipinski definition) is 2. The Morgan fingerprint density at radius 1 is 0.737 bits per heavy atom. The van der Waals surface area contributed by atoms with Gasteiger partial charge < -0.3 is 9.47 Å². The van der Waals surface area contributed by atoms with Crippen molar-refractivity contribution in [2.75, 3.05) is 19.8 Å². The Labute approximate surface area is 121 Å². The minimum Gasteiger partial charge on any atom is -0.377 e. The van der Waals surface area contributed by atoms with Gasteiger partial charge in [-0.1, -0.05) is 78.1 Å². The molecule has 19 heavy (non-hydrogen) atoms. The van der Waals surface area contributed by atoms with Crippen LogP contribution in [0.4, 0.5) is 0 Å². The van der Waals surface area contributed by atoms with Gasteiger partial charge in [0.05, 0.1) is 25.9 Å². The van der Waals surface area contributed by atoms with E-state index < -0.39 is 0 Å². The monoisotopic (exact) mass is 272 g/mol. The summed E-state index contributed by atoms with van der Waals surface area (Å²) < 4.78 is 9.21. The molecule has 1 atom stereocenters. The number of rotatable bonds is 9. The van der Waals surface area contributed by atoms with E-state index in [1.165, 1.54) is 64.2 Å². The third-order valence-corrected chi connectivity index (χ3v) is 3.16. The lowest BCUT2D eigenvalue weighted by atomic mass is 10.1. The number of ether oxygens (including phenoxy) is 2. The maximum absolute atomic E-state index is 4.71. The maximum Gasteiger partial charge on any atom is 0.0781 e. The molecule has 116 valence electrons. The van der Waals surface area contributed by atoms with Crippen molar-refractivity contribution in [1.29, 1.82) is 0 Å². The van der Waals surface area contributed by atoms with Gasteiger partial charge in [-0.2, -0.15) is 0 Å². The van der Waals surface area contributed by atoms with E-state index in [0.717, 1.165) is 19.8 Å². The molecule has 2 heterocycles. The minimum atomic E-state index is 0.583. The van der Waals surface area contributed by atoms with Crippen molar-refractivity contribution < 1.29 is 9.47 Å². The van der Waals surface area contributed by atoms with E-state index in [4.69, 9.17) is 4.74 Å². The molecule has 2 rings (SSSR count). The topological polar surface area (TPSA) is 25.1 Å². The van der Waals surface area contributed by atoms with E-state index in [9.17, 15) is 0 Å². The third-order valence-electron chi connectivity index (χ3n) is 3.16. The predicted molar refractivity (Wildman–Crippen MR) is 83.8 cm³/mol. The van der Waals surface area contributed by atoms with Crippen LogP contribution in [0.2, 0.25) is 0 Å². The summed E-state index contributed by atoms with van der Waals surface area (Å²) in [5.74, 6) is 0. The molecule has 0 aromatic carbocycles. The van der Waals surface area contributed by atoms with Gasteiger partial charge in [-0.15, -0.1) is 0 Å². The van der Waals surface area contributed by atoms with Crippen LogP contribution >= 0.6 is 0 Å². The fraction of sp³-hybridized carbons (Fsp3) is 1.00. The quantitative estimate of drug-likeness (QED) is 0.417. The van der Waals surface area contributed by atoms with E-state index in [-0.39, 0.29) is 0 Å². The Bertz CT molecular complexity index is 141. The highest BCUT2D eigenvalue weighted by molar-refractivity contribution is 4.58. The molecule has 0 spiro atoms. The average Bonchev–Trinajstić information content (AvgIpc) is 3.27. The van der Waals surface area contributed by atoms with Crippen LogP contribution < -0.4 is 0 Å². The van der Waals surface area contributed by atoms with Crippen molar-refractivity contribution in [3.05, 3.63) is 0 Å². The van der Waals surface area contributed by atoms with Crippen LogP contribution in [0.1, 0.15) is 85.0 Å². The van der Waals surface area contributed by atoms with Crippen LogP contribution in [0.5, 0.6) is 0 Å². The van der Waals surface area contributed by atoms with Crippen LogP contribution in [-0.2, 0) is 9.47 Å². The molecule has 0 amide bonds. The zero-order chi connectivity index (χ0) is 14.2. The van der Waals surface area contributed by atoms with E-state index in [1.54, 1.807) is 0 Å². The first-order valence-electron chi connectivity index (χ1n) is 8.50. The lowest BCUT2D eigenvalue weighted by Crippen LogP contribution is -1.80. The fourth-order valence-corrected chi connectivity index (χ4v) is 1.66. The average molecular weight is 272 g/mol. The minimum absolute atomic E-state index is 0.583. The summed E-state index contributed by atoms with van der Waals surface area (Å²) in [5, 5.41) is 0. The van der Waals surface area contributed by atoms with Crippen molar-refractivity contribution in [3.8, 4) is 0 Å². The Balaban J connectivity index is 0.000000365. The number of epoxide rings is 2. The first-order chi connectivity index (χ1) is 9.31. The van der Waals surface area contributed by atoms with Gasteiger partial charge in [-0.25, -0.2) is 0 Å². The smallest absolute Gasteiger partial charge is 0.0781 e. The molecule has 0 radical (unpaired) electrons. The second-order valence-corrected chi connectivity index (χ2v) is 5.58. The van der Waals surface area contributed by atoms with Gasteiger partial charge in [-0.3, -0.25) is 0 Å². The normalized spacial score (nSPS) is 18.8. The highest BCUT2D eigenvalue weighted by atomic mass is 16.6. The SMILES string of the molecule is C1CO1.CC1CO1.CCCCCCCCCCCC. The van der Waals surface area contributed by atoms with Crippen LogP contribution in [-0.4, -0.2) is 25.9 Å². The lowest BCUT2D eigenvalue weighted by molar-refractivity contribution is 0.423. The molecule has 0 aromatic heterocycles.